The van der Waals surface area contributed by atoms with Gasteiger partial charge in [0.25, 0.3) is 0 Å². The van der Waals surface area contributed by atoms with Gasteiger partial charge < -0.3 is 10.1 Å². The number of carbonyl (C=O) groups is 3. The van der Waals surface area contributed by atoms with Crippen LogP contribution < -0.4 is 15.0 Å². The van der Waals surface area contributed by atoms with Crippen LogP contribution in [0.15, 0.2) is 54.6 Å². The molecule has 1 aliphatic rings. The standard InChI is InChI=1S/C19H18N2O4/c1-2-18(23)21-14-10-6-7-11-16(14)25-19(24)15(21)12-17(22)20-13-8-4-3-5-9-13/h3-11,15H,2,12H2,1H3,(H,20,22). The second-order valence-electron chi connectivity index (χ2n) is 5.64. The van der Waals surface area contributed by atoms with Gasteiger partial charge >= 0.3 is 5.97 Å². The van der Waals surface area contributed by atoms with E-state index in [9.17, 15) is 14.4 Å². The quantitative estimate of drug-likeness (QED) is 0.687. The monoisotopic (exact) mass is 338 g/mol. The lowest BCUT2D eigenvalue weighted by atomic mass is 10.1. The lowest BCUT2D eigenvalue weighted by molar-refractivity contribution is -0.140. The van der Waals surface area contributed by atoms with E-state index in [1.54, 1.807) is 55.5 Å². The molecule has 2 amide bonds. The van der Waals surface area contributed by atoms with Gasteiger partial charge in [-0.2, -0.15) is 0 Å². The molecular weight excluding hydrogens is 320 g/mol. The van der Waals surface area contributed by atoms with Gasteiger partial charge in [0.05, 0.1) is 12.1 Å². The Morgan fingerprint density at radius 1 is 1.08 bits per heavy atom. The third-order valence-corrected chi connectivity index (χ3v) is 3.93. The van der Waals surface area contributed by atoms with Gasteiger partial charge in [-0.1, -0.05) is 37.3 Å². The number of carbonyl (C=O) groups excluding carboxylic acids is 3. The van der Waals surface area contributed by atoms with E-state index in [1.165, 1.54) is 4.90 Å². The molecule has 1 atom stereocenters. The molecule has 1 N–H and O–H groups in total. The minimum atomic E-state index is -0.980. The van der Waals surface area contributed by atoms with E-state index >= 15 is 0 Å². The summed E-state index contributed by atoms with van der Waals surface area (Å²) in [7, 11) is 0. The van der Waals surface area contributed by atoms with Crippen LogP contribution in [0.4, 0.5) is 11.4 Å². The van der Waals surface area contributed by atoms with Crippen molar-refractivity contribution >= 4 is 29.2 Å². The van der Waals surface area contributed by atoms with E-state index < -0.39 is 12.0 Å². The molecule has 1 unspecified atom stereocenters. The molecule has 0 bridgehead atoms. The van der Waals surface area contributed by atoms with E-state index in [1.807, 2.05) is 6.07 Å². The average molecular weight is 338 g/mol. The highest BCUT2D eigenvalue weighted by atomic mass is 16.5. The zero-order chi connectivity index (χ0) is 17.8. The van der Waals surface area contributed by atoms with Crippen molar-refractivity contribution in [3.05, 3.63) is 54.6 Å². The molecule has 3 rings (SSSR count). The van der Waals surface area contributed by atoms with Crippen LogP contribution in [-0.4, -0.2) is 23.8 Å². The first-order valence-corrected chi connectivity index (χ1v) is 8.08. The van der Waals surface area contributed by atoms with Gasteiger partial charge in [0.1, 0.15) is 6.04 Å². The maximum absolute atomic E-state index is 12.4. The molecule has 0 fully saturated rings. The van der Waals surface area contributed by atoms with Crippen LogP contribution in [-0.2, 0) is 14.4 Å². The summed E-state index contributed by atoms with van der Waals surface area (Å²) in [6.45, 7) is 1.71. The Morgan fingerprint density at radius 3 is 2.48 bits per heavy atom. The first-order chi connectivity index (χ1) is 12.1. The number of anilines is 2. The molecule has 2 aromatic carbocycles. The van der Waals surface area contributed by atoms with E-state index in [0.717, 1.165) is 0 Å². The molecule has 0 aliphatic carbocycles. The van der Waals surface area contributed by atoms with Crippen LogP contribution in [0.25, 0.3) is 0 Å². The Morgan fingerprint density at radius 2 is 1.76 bits per heavy atom. The van der Waals surface area contributed by atoms with Gasteiger partial charge in [-0.15, -0.1) is 0 Å². The predicted molar refractivity (Wildman–Crippen MR) is 93.3 cm³/mol. The summed E-state index contributed by atoms with van der Waals surface area (Å²) in [6, 6.07) is 14.8. The van der Waals surface area contributed by atoms with Crippen LogP contribution >= 0.6 is 0 Å². The lowest BCUT2D eigenvalue weighted by Crippen LogP contribution is -2.51. The van der Waals surface area contributed by atoms with Crippen molar-refractivity contribution in [3.8, 4) is 5.75 Å². The topological polar surface area (TPSA) is 75.7 Å². The molecule has 2 aromatic rings. The fourth-order valence-corrected chi connectivity index (χ4v) is 2.75. The van der Waals surface area contributed by atoms with Gasteiger partial charge in [-0.3, -0.25) is 14.5 Å². The van der Waals surface area contributed by atoms with Crippen molar-refractivity contribution in [3.63, 3.8) is 0 Å². The maximum Gasteiger partial charge on any atom is 0.335 e. The second kappa shape index (κ2) is 7.17. The molecule has 25 heavy (non-hydrogen) atoms. The number of para-hydroxylation sites is 3. The summed E-state index contributed by atoms with van der Waals surface area (Å²) in [6.07, 6.45) is 0.0478. The minimum Gasteiger partial charge on any atom is -0.423 e. The van der Waals surface area contributed by atoms with Crippen molar-refractivity contribution in [1.82, 2.24) is 0 Å². The van der Waals surface area contributed by atoms with Crippen molar-refractivity contribution < 1.29 is 19.1 Å². The average Bonchev–Trinajstić information content (AvgIpc) is 2.62. The normalized spacial score (nSPS) is 16.0. The molecule has 0 aromatic heterocycles. The Balaban J connectivity index is 1.84. The molecular formula is C19H18N2O4. The van der Waals surface area contributed by atoms with E-state index in [0.29, 0.717) is 17.1 Å². The predicted octanol–water partition coefficient (Wildman–Crippen LogP) is 2.75. The lowest BCUT2D eigenvalue weighted by Gasteiger charge is -2.34. The molecule has 0 saturated heterocycles. The Hall–Kier alpha value is -3.15. The number of fused-ring (bicyclic) bond motifs is 1. The number of amides is 2. The van der Waals surface area contributed by atoms with Crippen molar-refractivity contribution in [2.75, 3.05) is 10.2 Å². The van der Waals surface area contributed by atoms with Crippen LogP contribution in [0.5, 0.6) is 5.75 Å². The molecule has 0 spiro atoms. The molecule has 1 aliphatic heterocycles. The smallest absolute Gasteiger partial charge is 0.335 e. The Bertz CT molecular complexity index is 804. The van der Waals surface area contributed by atoms with Crippen LogP contribution in [0, 0.1) is 0 Å². The summed E-state index contributed by atoms with van der Waals surface area (Å²) in [5.74, 6) is -0.874. The van der Waals surface area contributed by atoms with Crippen molar-refractivity contribution in [2.45, 2.75) is 25.8 Å². The molecule has 1 heterocycles. The highest BCUT2D eigenvalue weighted by Gasteiger charge is 2.39. The number of benzene rings is 2. The number of rotatable bonds is 4. The number of hydrogen-bond donors (Lipinski definition) is 1. The molecule has 6 heteroatoms. The Kier molecular flexibility index (Phi) is 4.79. The zero-order valence-electron chi connectivity index (χ0n) is 13.8. The summed E-state index contributed by atoms with van der Waals surface area (Å²) >= 11 is 0. The maximum atomic E-state index is 12.4. The number of ether oxygens (including phenoxy) is 1. The van der Waals surface area contributed by atoms with E-state index in [4.69, 9.17) is 4.74 Å². The zero-order valence-corrected chi connectivity index (χ0v) is 13.8. The van der Waals surface area contributed by atoms with E-state index in [2.05, 4.69) is 5.32 Å². The SMILES string of the molecule is CCC(=O)N1c2ccccc2OC(=O)C1CC(=O)Nc1ccccc1. The fraction of sp³-hybridized carbons (Fsp3) is 0.211. The first kappa shape index (κ1) is 16.7. The largest absolute Gasteiger partial charge is 0.423 e. The summed E-state index contributed by atoms with van der Waals surface area (Å²) < 4.78 is 5.31. The van der Waals surface area contributed by atoms with Gasteiger partial charge in [0.15, 0.2) is 5.75 Å². The third kappa shape index (κ3) is 3.52. The third-order valence-electron chi connectivity index (χ3n) is 3.93. The number of esters is 1. The van der Waals surface area contributed by atoms with Crippen molar-refractivity contribution in [1.29, 1.82) is 0 Å². The van der Waals surface area contributed by atoms with Crippen molar-refractivity contribution in [2.24, 2.45) is 0 Å². The van der Waals surface area contributed by atoms with Crippen LogP contribution in [0.3, 0.4) is 0 Å². The van der Waals surface area contributed by atoms with Gasteiger partial charge in [-0.25, -0.2) is 4.79 Å². The summed E-state index contributed by atoms with van der Waals surface area (Å²) in [5.41, 5.74) is 1.14. The number of nitrogens with one attached hydrogen (secondary N) is 1. The molecule has 0 saturated carbocycles. The molecule has 128 valence electrons. The number of nitrogens with zero attached hydrogens (tertiary/aromatic N) is 1. The summed E-state index contributed by atoms with van der Waals surface area (Å²) in [5, 5.41) is 2.73. The minimum absolute atomic E-state index is 0.173. The van der Waals surface area contributed by atoms with Crippen LogP contribution in [0.2, 0.25) is 0 Å². The van der Waals surface area contributed by atoms with Crippen LogP contribution in [0.1, 0.15) is 19.8 Å². The Labute approximate surface area is 145 Å². The second-order valence-corrected chi connectivity index (χ2v) is 5.64. The first-order valence-electron chi connectivity index (χ1n) is 8.08. The van der Waals surface area contributed by atoms with Gasteiger partial charge in [0, 0.05) is 12.1 Å². The highest BCUT2D eigenvalue weighted by molar-refractivity contribution is 6.06. The van der Waals surface area contributed by atoms with E-state index in [-0.39, 0.29) is 24.7 Å². The van der Waals surface area contributed by atoms with Gasteiger partial charge in [0.2, 0.25) is 11.8 Å². The molecule has 6 nitrogen and oxygen atoms in total. The number of hydrogen-bond acceptors (Lipinski definition) is 4. The summed E-state index contributed by atoms with van der Waals surface area (Å²) in [4.78, 5) is 38.5. The van der Waals surface area contributed by atoms with Gasteiger partial charge in [-0.05, 0) is 24.3 Å². The highest BCUT2D eigenvalue weighted by Crippen LogP contribution is 2.35. The molecule has 0 radical (unpaired) electrons. The fourth-order valence-electron chi connectivity index (χ4n) is 2.75.